The molecular weight excluding hydrogens is 236 g/mol. The van der Waals surface area contributed by atoms with Gasteiger partial charge in [-0.3, -0.25) is 4.79 Å². The number of carbonyl (C=O) groups is 1. The Labute approximate surface area is 107 Å². The second-order valence-electron chi connectivity index (χ2n) is 3.86. The van der Waals surface area contributed by atoms with E-state index in [1.807, 2.05) is 6.08 Å². The molecule has 1 amide bonds. The Hall–Kier alpha value is -1.48. The fourth-order valence-corrected chi connectivity index (χ4v) is 1.68. The average Bonchev–Trinajstić information content (AvgIpc) is 2.32. The lowest BCUT2D eigenvalue weighted by molar-refractivity contribution is 0.0795. The molecular formula is C13H17ClN2O. The molecule has 1 aromatic carbocycles. The van der Waals surface area contributed by atoms with Crippen LogP contribution >= 0.6 is 11.6 Å². The van der Waals surface area contributed by atoms with Gasteiger partial charge in [-0.1, -0.05) is 23.7 Å². The minimum absolute atomic E-state index is 0.103. The van der Waals surface area contributed by atoms with Gasteiger partial charge in [-0.05, 0) is 25.0 Å². The first kappa shape index (κ1) is 13.6. The Morgan fingerprint density at radius 1 is 1.59 bits per heavy atom. The molecule has 0 heterocycles. The molecule has 0 atom stereocenters. The highest BCUT2D eigenvalue weighted by Crippen LogP contribution is 2.23. The Balaban J connectivity index is 2.75. The van der Waals surface area contributed by atoms with Crippen molar-refractivity contribution in [3.05, 3.63) is 41.4 Å². The molecule has 4 heteroatoms. The number of carbonyl (C=O) groups excluding carboxylic acids is 1. The van der Waals surface area contributed by atoms with Gasteiger partial charge in [0.25, 0.3) is 5.91 Å². The number of amides is 1. The van der Waals surface area contributed by atoms with Crippen molar-refractivity contribution in [2.75, 3.05) is 19.3 Å². The average molecular weight is 253 g/mol. The summed E-state index contributed by atoms with van der Waals surface area (Å²) in [7, 11) is 1.76. The molecule has 3 nitrogen and oxygen atoms in total. The topological polar surface area (TPSA) is 46.3 Å². The maximum absolute atomic E-state index is 12.1. The maximum Gasteiger partial charge on any atom is 0.255 e. The number of hydrogen-bond acceptors (Lipinski definition) is 2. The first-order chi connectivity index (χ1) is 8.07. The number of benzene rings is 1. The normalized spacial score (nSPS) is 10.0. The summed E-state index contributed by atoms with van der Waals surface area (Å²) < 4.78 is 0. The van der Waals surface area contributed by atoms with Crippen molar-refractivity contribution in [1.29, 1.82) is 0 Å². The van der Waals surface area contributed by atoms with Crippen LogP contribution in [0, 0.1) is 0 Å². The summed E-state index contributed by atoms with van der Waals surface area (Å²) in [6, 6.07) is 5.09. The van der Waals surface area contributed by atoms with Crippen molar-refractivity contribution in [3.8, 4) is 0 Å². The third-order valence-electron chi connectivity index (χ3n) is 2.53. The Bertz CT molecular complexity index is 418. The predicted octanol–water partition coefficient (Wildman–Crippen LogP) is 2.96. The summed E-state index contributed by atoms with van der Waals surface area (Å²) in [5.41, 5.74) is 6.58. The Kier molecular flexibility index (Phi) is 5.04. The van der Waals surface area contributed by atoms with E-state index in [1.54, 1.807) is 30.1 Å². The van der Waals surface area contributed by atoms with Gasteiger partial charge in [0.05, 0.1) is 16.3 Å². The summed E-state index contributed by atoms with van der Waals surface area (Å²) in [6.07, 6.45) is 3.63. The second-order valence-corrected chi connectivity index (χ2v) is 4.27. The van der Waals surface area contributed by atoms with Crippen LogP contribution in [-0.2, 0) is 0 Å². The van der Waals surface area contributed by atoms with Crippen LogP contribution < -0.4 is 5.73 Å². The number of halogens is 1. The van der Waals surface area contributed by atoms with E-state index in [2.05, 4.69) is 6.58 Å². The molecule has 0 aliphatic rings. The van der Waals surface area contributed by atoms with Crippen LogP contribution in [0.4, 0.5) is 5.69 Å². The minimum Gasteiger partial charge on any atom is -0.397 e. The van der Waals surface area contributed by atoms with E-state index in [4.69, 9.17) is 17.3 Å². The standard InChI is InChI=1S/C13H17ClN2O/c1-3-4-5-9-16(2)13(17)10-7-6-8-11(14)12(10)15/h3,6-8H,1,4-5,9,15H2,2H3. The highest BCUT2D eigenvalue weighted by Gasteiger charge is 2.15. The molecule has 1 rings (SSSR count). The zero-order valence-electron chi connectivity index (χ0n) is 9.95. The van der Waals surface area contributed by atoms with Crippen molar-refractivity contribution < 1.29 is 4.79 Å². The number of nitrogen functional groups attached to an aromatic ring is 1. The number of anilines is 1. The molecule has 92 valence electrons. The number of rotatable bonds is 5. The largest absolute Gasteiger partial charge is 0.397 e. The van der Waals surface area contributed by atoms with Gasteiger partial charge in [-0.2, -0.15) is 0 Å². The second kappa shape index (κ2) is 6.30. The fraction of sp³-hybridized carbons (Fsp3) is 0.308. The van der Waals surface area contributed by atoms with Crippen LogP contribution in [0.2, 0.25) is 5.02 Å². The number of unbranched alkanes of at least 4 members (excludes halogenated alkanes) is 1. The first-order valence-corrected chi connectivity index (χ1v) is 5.86. The van der Waals surface area contributed by atoms with Crippen molar-refractivity contribution in [2.24, 2.45) is 0 Å². The van der Waals surface area contributed by atoms with Crippen LogP contribution in [-0.4, -0.2) is 24.4 Å². The summed E-state index contributed by atoms with van der Waals surface area (Å²) >= 11 is 5.88. The molecule has 17 heavy (non-hydrogen) atoms. The van der Waals surface area contributed by atoms with E-state index in [9.17, 15) is 4.79 Å². The van der Waals surface area contributed by atoms with E-state index < -0.39 is 0 Å². The van der Waals surface area contributed by atoms with Crippen molar-refractivity contribution in [1.82, 2.24) is 4.90 Å². The number of nitrogens with two attached hydrogens (primary N) is 1. The highest BCUT2D eigenvalue weighted by molar-refractivity contribution is 6.33. The number of nitrogens with zero attached hydrogens (tertiary/aromatic N) is 1. The van der Waals surface area contributed by atoms with Gasteiger partial charge >= 0.3 is 0 Å². The van der Waals surface area contributed by atoms with Gasteiger partial charge in [-0.25, -0.2) is 0 Å². The summed E-state index contributed by atoms with van der Waals surface area (Å²) in [4.78, 5) is 13.7. The highest BCUT2D eigenvalue weighted by atomic mass is 35.5. The van der Waals surface area contributed by atoms with E-state index in [0.29, 0.717) is 22.8 Å². The monoisotopic (exact) mass is 252 g/mol. The zero-order valence-corrected chi connectivity index (χ0v) is 10.7. The van der Waals surface area contributed by atoms with Crippen LogP contribution in [0.25, 0.3) is 0 Å². The number of allylic oxidation sites excluding steroid dienone is 1. The molecule has 0 radical (unpaired) electrons. The minimum atomic E-state index is -0.103. The molecule has 0 aromatic heterocycles. The van der Waals surface area contributed by atoms with Gasteiger partial charge in [0.15, 0.2) is 0 Å². The molecule has 0 aliphatic heterocycles. The van der Waals surface area contributed by atoms with Crippen molar-refractivity contribution in [3.63, 3.8) is 0 Å². The van der Waals surface area contributed by atoms with E-state index in [0.717, 1.165) is 12.8 Å². The molecule has 1 aromatic rings. The number of para-hydroxylation sites is 1. The third-order valence-corrected chi connectivity index (χ3v) is 2.86. The lowest BCUT2D eigenvalue weighted by Gasteiger charge is -2.18. The lowest BCUT2D eigenvalue weighted by Crippen LogP contribution is -2.28. The third kappa shape index (κ3) is 3.49. The van der Waals surface area contributed by atoms with Crippen molar-refractivity contribution >= 4 is 23.2 Å². The summed E-state index contributed by atoms with van der Waals surface area (Å²) in [5.74, 6) is -0.103. The summed E-state index contributed by atoms with van der Waals surface area (Å²) in [5, 5.41) is 0.412. The molecule has 0 bridgehead atoms. The van der Waals surface area contributed by atoms with Gasteiger partial charge in [0.1, 0.15) is 0 Å². The molecule has 0 saturated heterocycles. The maximum atomic E-state index is 12.1. The molecule has 0 spiro atoms. The Morgan fingerprint density at radius 3 is 2.94 bits per heavy atom. The van der Waals surface area contributed by atoms with Crippen LogP contribution in [0.5, 0.6) is 0 Å². The van der Waals surface area contributed by atoms with E-state index in [1.165, 1.54) is 0 Å². The van der Waals surface area contributed by atoms with Gasteiger partial charge < -0.3 is 10.6 Å². The number of hydrogen-bond donors (Lipinski definition) is 1. The SMILES string of the molecule is C=CCCCN(C)C(=O)c1cccc(Cl)c1N. The molecule has 2 N–H and O–H groups in total. The van der Waals surface area contributed by atoms with E-state index in [-0.39, 0.29) is 5.91 Å². The van der Waals surface area contributed by atoms with Crippen LogP contribution in [0.3, 0.4) is 0 Å². The molecule has 0 saturated carbocycles. The smallest absolute Gasteiger partial charge is 0.255 e. The molecule has 0 fully saturated rings. The van der Waals surface area contributed by atoms with Gasteiger partial charge in [-0.15, -0.1) is 6.58 Å². The van der Waals surface area contributed by atoms with Crippen molar-refractivity contribution in [2.45, 2.75) is 12.8 Å². The van der Waals surface area contributed by atoms with Crippen LogP contribution in [0.1, 0.15) is 23.2 Å². The summed E-state index contributed by atoms with van der Waals surface area (Å²) in [6.45, 7) is 4.32. The molecule has 0 aliphatic carbocycles. The quantitative estimate of drug-likeness (QED) is 0.498. The zero-order chi connectivity index (χ0) is 12.8. The fourth-order valence-electron chi connectivity index (χ4n) is 1.50. The van der Waals surface area contributed by atoms with E-state index >= 15 is 0 Å². The first-order valence-electron chi connectivity index (χ1n) is 5.48. The van der Waals surface area contributed by atoms with Gasteiger partial charge in [0.2, 0.25) is 0 Å². The van der Waals surface area contributed by atoms with Crippen LogP contribution in [0.15, 0.2) is 30.9 Å². The Morgan fingerprint density at radius 2 is 2.29 bits per heavy atom. The lowest BCUT2D eigenvalue weighted by atomic mass is 10.1. The molecule has 0 unspecified atom stereocenters. The van der Waals surface area contributed by atoms with Gasteiger partial charge in [0, 0.05) is 13.6 Å². The predicted molar refractivity (Wildman–Crippen MR) is 72.3 cm³/mol.